The van der Waals surface area contributed by atoms with Crippen LogP contribution in [0.4, 0.5) is 0 Å². The van der Waals surface area contributed by atoms with Gasteiger partial charge in [0.05, 0.1) is 11.8 Å². The molecule has 0 saturated carbocycles. The van der Waals surface area contributed by atoms with Crippen molar-refractivity contribution in [1.29, 1.82) is 0 Å². The van der Waals surface area contributed by atoms with Crippen LogP contribution >= 0.6 is 11.8 Å². The number of nitrogens with zero attached hydrogens (tertiary/aromatic N) is 2. The molecule has 2 rings (SSSR count). The van der Waals surface area contributed by atoms with Gasteiger partial charge in [-0.05, 0) is 19.1 Å². The Bertz CT molecular complexity index is 466. The molecule has 2 N–H and O–H groups in total. The topological polar surface area (TPSA) is 84.2 Å². The van der Waals surface area contributed by atoms with E-state index in [4.69, 9.17) is 0 Å². The van der Waals surface area contributed by atoms with Gasteiger partial charge in [-0.2, -0.15) is 16.9 Å². The molecule has 0 radical (unpaired) electrons. The Balaban J connectivity index is 2.12. The van der Waals surface area contributed by atoms with Gasteiger partial charge in [0.2, 0.25) is 0 Å². The Kier molecular flexibility index (Phi) is 3.60. The van der Waals surface area contributed by atoms with E-state index in [2.05, 4.69) is 10.4 Å². The van der Waals surface area contributed by atoms with Crippen LogP contribution < -0.4 is 5.32 Å². The highest BCUT2D eigenvalue weighted by molar-refractivity contribution is 7.99. The van der Waals surface area contributed by atoms with Crippen molar-refractivity contribution in [3.05, 3.63) is 18.0 Å². The predicted octanol–water partition coefficient (Wildman–Crippen LogP) is 0.593. The smallest absolute Gasteiger partial charge is 0.330 e. The fraction of sp³-hybridized carbons (Fsp3) is 0.545. The van der Waals surface area contributed by atoms with E-state index >= 15 is 0 Å². The first kappa shape index (κ1) is 12.9. The monoisotopic (exact) mass is 269 g/mol. The zero-order valence-corrected chi connectivity index (χ0v) is 10.9. The Morgan fingerprint density at radius 2 is 2.44 bits per heavy atom. The second-order valence-corrected chi connectivity index (χ2v) is 5.33. The number of carbonyl (C=O) groups excluding carboxylic acids is 1. The molecule has 0 aliphatic carbocycles. The van der Waals surface area contributed by atoms with E-state index in [1.807, 2.05) is 6.92 Å². The van der Waals surface area contributed by atoms with Crippen molar-refractivity contribution in [1.82, 2.24) is 15.1 Å². The fourth-order valence-electron chi connectivity index (χ4n) is 1.83. The molecule has 2 heterocycles. The normalized spacial score (nSPS) is 22.9. The minimum absolute atomic E-state index is 0.375. The number of thioether (sulfide) groups is 1. The average Bonchev–Trinajstić information content (AvgIpc) is 2.97. The van der Waals surface area contributed by atoms with E-state index in [-0.39, 0.29) is 5.91 Å². The van der Waals surface area contributed by atoms with Gasteiger partial charge in [-0.25, -0.2) is 4.79 Å². The van der Waals surface area contributed by atoms with Crippen LogP contribution in [-0.4, -0.2) is 43.8 Å². The number of hydrogen-bond donors (Lipinski definition) is 2. The molecule has 1 aliphatic rings. The van der Waals surface area contributed by atoms with Crippen LogP contribution in [-0.2, 0) is 11.3 Å². The van der Waals surface area contributed by atoms with Gasteiger partial charge >= 0.3 is 5.97 Å². The number of nitrogens with one attached hydrogen (secondary N) is 1. The van der Waals surface area contributed by atoms with Crippen LogP contribution in [0.1, 0.15) is 23.7 Å². The zero-order valence-electron chi connectivity index (χ0n) is 10.0. The van der Waals surface area contributed by atoms with Crippen LogP contribution in [0.25, 0.3) is 0 Å². The second kappa shape index (κ2) is 5.01. The lowest BCUT2D eigenvalue weighted by atomic mass is 9.99. The molecule has 0 spiro atoms. The molecule has 1 aromatic heterocycles. The van der Waals surface area contributed by atoms with Gasteiger partial charge in [-0.1, -0.05) is 0 Å². The van der Waals surface area contributed by atoms with E-state index in [9.17, 15) is 14.7 Å². The number of rotatable bonds is 4. The summed E-state index contributed by atoms with van der Waals surface area (Å²) < 4.78 is 1.63. The third-order valence-electron chi connectivity index (χ3n) is 3.00. The van der Waals surface area contributed by atoms with Crippen molar-refractivity contribution in [3.8, 4) is 0 Å². The quantitative estimate of drug-likeness (QED) is 0.836. The molecule has 7 heteroatoms. The lowest BCUT2D eigenvalue weighted by Gasteiger charge is -2.24. The van der Waals surface area contributed by atoms with Crippen molar-refractivity contribution in [2.45, 2.75) is 25.4 Å². The van der Waals surface area contributed by atoms with Crippen LogP contribution in [0, 0.1) is 0 Å². The van der Waals surface area contributed by atoms with Crippen molar-refractivity contribution in [2.24, 2.45) is 0 Å². The number of carbonyl (C=O) groups is 2. The molecule has 18 heavy (non-hydrogen) atoms. The molecule has 0 aromatic carbocycles. The highest BCUT2D eigenvalue weighted by atomic mass is 32.2. The van der Waals surface area contributed by atoms with Crippen LogP contribution in [0.3, 0.4) is 0 Å². The Labute approximate surface area is 109 Å². The molecular formula is C11H15N3O3S. The minimum Gasteiger partial charge on any atom is -0.479 e. The molecule has 98 valence electrons. The number of carboxylic acids is 1. The van der Waals surface area contributed by atoms with Crippen LogP contribution in [0.15, 0.2) is 12.4 Å². The van der Waals surface area contributed by atoms with Crippen molar-refractivity contribution in [3.63, 3.8) is 0 Å². The number of hydrogen-bond acceptors (Lipinski definition) is 4. The minimum atomic E-state index is -1.13. The summed E-state index contributed by atoms with van der Waals surface area (Å²) in [5.74, 6) is -0.181. The summed E-state index contributed by atoms with van der Waals surface area (Å²) in [6.45, 7) is 2.59. The summed E-state index contributed by atoms with van der Waals surface area (Å²) in [4.78, 5) is 23.3. The largest absolute Gasteiger partial charge is 0.479 e. The Morgan fingerprint density at radius 1 is 1.67 bits per heavy atom. The van der Waals surface area contributed by atoms with Gasteiger partial charge in [-0.3, -0.25) is 9.48 Å². The van der Waals surface area contributed by atoms with Gasteiger partial charge in [-0.15, -0.1) is 0 Å². The van der Waals surface area contributed by atoms with Crippen LogP contribution in [0.2, 0.25) is 0 Å². The molecule has 1 amide bonds. The SMILES string of the molecule is CCn1cc(C(=O)NC2(C(=O)O)CCSC2)cn1. The van der Waals surface area contributed by atoms with Crippen molar-refractivity contribution < 1.29 is 14.7 Å². The molecule has 1 saturated heterocycles. The number of aliphatic carboxylic acids is 1. The van der Waals surface area contributed by atoms with Gasteiger partial charge in [0.1, 0.15) is 5.54 Å². The third kappa shape index (κ3) is 2.35. The maximum Gasteiger partial charge on any atom is 0.330 e. The van der Waals surface area contributed by atoms with Crippen LogP contribution in [0.5, 0.6) is 0 Å². The summed E-state index contributed by atoms with van der Waals surface area (Å²) in [5.41, 5.74) is -0.731. The number of amides is 1. The molecule has 0 bridgehead atoms. The number of aromatic nitrogens is 2. The van der Waals surface area contributed by atoms with E-state index < -0.39 is 11.5 Å². The summed E-state index contributed by atoms with van der Waals surface area (Å²) >= 11 is 1.54. The predicted molar refractivity (Wildman–Crippen MR) is 67.7 cm³/mol. The summed E-state index contributed by atoms with van der Waals surface area (Å²) in [6, 6.07) is 0. The molecule has 6 nitrogen and oxygen atoms in total. The molecule has 1 fully saturated rings. The average molecular weight is 269 g/mol. The van der Waals surface area contributed by atoms with E-state index in [1.165, 1.54) is 18.0 Å². The lowest BCUT2D eigenvalue weighted by Crippen LogP contribution is -2.54. The summed E-state index contributed by atoms with van der Waals surface area (Å²) in [7, 11) is 0. The van der Waals surface area contributed by atoms with Gasteiger partial charge in [0.25, 0.3) is 5.91 Å². The molecule has 1 atom stereocenters. The van der Waals surface area contributed by atoms with Crippen molar-refractivity contribution in [2.75, 3.05) is 11.5 Å². The van der Waals surface area contributed by atoms with Crippen molar-refractivity contribution >= 4 is 23.6 Å². The van der Waals surface area contributed by atoms with Gasteiger partial charge in [0.15, 0.2) is 0 Å². The molecule has 1 aromatic rings. The molecule has 1 aliphatic heterocycles. The van der Waals surface area contributed by atoms with E-state index in [0.717, 1.165) is 5.75 Å². The molecular weight excluding hydrogens is 254 g/mol. The number of carboxylic acid groups (broad SMARTS) is 1. The maximum atomic E-state index is 12.0. The van der Waals surface area contributed by atoms with E-state index in [1.54, 1.807) is 10.9 Å². The highest BCUT2D eigenvalue weighted by Gasteiger charge is 2.43. The third-order valence-corrected chi connectivity index (χ3v) is 4.19. The Hall–Kier alpha value is -1.50. The first-order valence-corrected chi connectivity index (χ1v) is 6.89. The lowest BCUT2D eigenvalue weighted by molar-refractivity contribution is -0.143. The second-order valence-electron chi connectivity index (χ2n) is 4.23. The summed E-state index contributed by atoms with van der Waals surface area (Å²) in [5, 5.41) is 15.9. The Morgan fingerprint density at radius 3 is 2.94 bits per heavy atom. The first-order valence-electron chi connectivity index (χ1n) is 5.73. The van der Waals surface area contributed by atoms with Gasteiger partial charge in [0, 0.05) is 18.5 Å². The fourth-order valence-corrected chi connectivity index (χ4v) is 3.15. The standard InChI is InChI=1S/C11H15N3O3S/c1-2-14-6-8(5-12-14)9(15)13-11(10(16)17)3-4-18-7-11/h5-6H,2-4,7H2,1H3,(H,13,15)(H,16,17). The van der Waals surface area contributed by atoms with E-state index in [0.29, 0.717) is 24.3 Å². The zero-order chi connectivity index (χ0) is 13.2. The molecule has 1 unspecified atom stereocenters. The maximum absolute atomic E-state index is 12.0. The van der Waals surface area contributed by atoms with Gasteiger partial charge < -0.3 is 10.4 Å². The first-order chi connectivity index (χ1) is 8.57. The highest BCUT2D eigenvalue weighted by Crippen LogP contribution is 2.28. The summed E-state index contributed by atoms with van der Waals surface area (Å²) in [6.07, 6.45) is 3.53. The number of aryl methyl sites for hydroxylation is 1.